The Morgan fingerprint density at radius 1 is 0.730 bits per heavy atom. The van der Waals surface area contributed by atoms with Gasteiger partial charge in [-0.3, -0.25) is 0 Å². The minimum Gasteiger partial charge on any atom is -0.493 e. The van der Waals surface area contributed by atoms with Crippen LogP contribution in [-0.4, -0.2) is 60.4 Å². The van der Waals surface area contributed by atoms with E-state index in [2.05, 4.69) is 0 Å². The van der Waals surface area contributed by atoms with Crippen molar-refractivity contribution < 1.29 is 47.8 Å². The topological polar surface area (TPSA) is 167 Å². The molecule has 1 aliphatic heterocycles. The molecule has 3 N–H and O–H groups in total. The van der Waals surface area contributed by atoms with Gasteiger partial charge in [0.25, 0.3) is 0 Å². The van der Waals surface area contributed by atoms with Gasteiger partial charge in [0.05, 0.1) is 7.11 Å². The van der Waals surface area contributed by atoms with E-state index in [-0.39, 0.29) is 28.6 Å². The number of ether oxygens (including phenoxy) is 5. The highest BCUT2D eigenvalue weighted by Gasteiger charge is 2.45. The first-order valence-electron chi connectivity index (χ1n) is 11.0. The van der Waals surface area contributed by atoms with Crippen molar-refractivity contribution in [3.8, 4) is 23.0 Å². The van der Waals surface area contributed by atoms with E-state index in [1.54, 1.807) is 18.2 Å². The first-order chi connectivity index (χ1) is 17.8. The van der Waals surface area contributed by atoms with Gasteiger partial charge in [-0.2, -0.15) is 0 Å². The average Bonchev–Trinajstić information content (AvgIpc) is 2.89. The maximum Gasteiger partial charge on any atom is 0.379 e. The Morgan fingerprint density at radius 3 is 2.19 bits per heavy atom. The number of hydrogen-bond donors (Lipinski definition) is 3. The predicted molar refractivity (Wildman–Crippen MR) is 126 cm³/mol. The fourth-order valence-corrected chi connectivity index (χ4v) is 3.90. The smallest absolute Gasteiger partial charge is 0.379 e. The quantitative estimate of drug-likeness (QED) is 0.318. The fourth-order valence-electron chi connectivity index (χ4n) is 3.90. The molecule has 1 saturated heterocycles. The second-order valence-electron chi connectivity index (χ2n) is 8.19. The van der Waals surface area contributed by atoms with Crippen LogP contribution in [0.2, 0.25) is 0 Å². The SMILES string of the molecule is COc1cc2cc(Oc3ccc4ccc(=O)oc4c3)c(=O)oc2cc1O[C@@H]1O[C@H](OC)[C@@H](O)[C@H](O)[C@H]1O. The molecule has 3 heterocycles. The molecular weight excluding hydrogens is 492 g/mol. The molecule has 5 rings (SSSR count). The summed E-state index contributed by atoms with van der Waals surface area (Å²) < 4.78 is 37.7. The predicted octanol–water partition coefficient (Wildman–Crippen LogP) is 1.49. The van der Waals surface area contributed by atoms with Crippen LogP contribution in [0.5, 0.6) is 23.0 Å². The zero-order valence-corrected chi connectivity index (χ0v) is 19.5. The molecule has 0 aliphatic carbocycles. The molecule has 1 aliphatic rings. The monoisotopic (exact) mass is 514 g/mol. The van der Waals surface area contributed by atoms with Gasteiger partial charge in [0.1, 0.15) is 35.2 Å². The first kappa shape index (κ1) is 24.7. The molecule has 2 aromatic carbocycles. The van der Waals surface area contributed by atoms with Gasteiger partial charge < -0.3 is 47.8 Å². The Morgan fingerprint density at radius 2 is 1.43 bits per heavy atom. The normalized spacial score (nSPS) is 23.8. The van der Waals surface area contributed by atoms with Gasteiger partial charge in [-0.05, 0) is 30.3 Å². The molecule has 0 saturated carbocycles. The van der Waals surface area contributed by atoms with Crippen molar-refractivity contribution in [2.45, 2.75) is 30.9 Å². The van der Waals surface area contributed by atoms with Crippen molar-refractivity contribution >= 4 is 21.9 Å². The Labute approximate surface area is 207 Å². The summed E-state index contributed by atoms with van der Waals surface area (Å²) in [5.41, 5.74) is -0.925. The van der Waals surface area contributed by atoms with Crippen LogP contribution < -0.4 is 25.5 Å². The van der Waals surface area contributed by atoms with Crippen molar-refractivity contribution in [1.29, 1.82) is 0 Å². The number of methoxy groups -OCH3 is 2. The highest BCUT2D eigenvalue weighted by molar-refractivity contribution is 5.82. The molecule has 0 bridgehead atoms. The number of aliphatic hydroxyl groups is 3. The summed E-state index contributed by atoms with van der Waals surface area (Å²) in [4.78, 5) is 24.1. The lowest BCUT2D eigenvalue weighted by Gasteiger charge is -2.39. The zero-order chi connectivity index (χ0) is 26.3. The highest BCUT2D eigenvalue weighted by atomic mass is 16.8. The molecule has 12 heteroatoms. The van der Waals surface area contributed by atoms with Crippen molar-refractivity contribution in [2.24, 2.45) is 0 Å². The van der Waals surface area contributed by atoms with Crippen molar-refractivity contribution in [1.82, 2.24) is 0 Å². The third kappa shape index (κ3) is 4.75. The molecule has 0 amide bonds. The lowest BCUT2D eigenvalue weighted by Crippen LogP contribution is -2.59. The number of aliphatic hydroxyl groups excluding tert-OH is 3. The molecule has 0 unspecified atom stereocenters. The van der Waals surface area contributed by atoms with Gasteiger partial charge in [-0.25, -0.2) is 9.59 Å². The number of fused-ring (bicyclic) bond motifs is 2. The Bertz CT molecular complexity index is 1560. The van der Waals surface area contributed by atoms with E-state index in [1.165, 1.54) is 44.6 Å². The summed E-state index contributed by atoms with van der Waals surface area (Å²) in [6.45, 7) is 0. The van der Waals surface area contributed by atoms with Crippen LogP contribution in [0.4, 0.5) is 0 Å². The summed E-state index contributed by atoms with van der Waals surface area (Å²) in [5.74, 6) is 0.327. The molecule has 2 aromatic heterocycles. The molecule has 12 nitrogen and oxygen atoms in total. The molecule has 0 spiro atoms. The second-order valence-corrected chi connectivity index (χ2v) is 8.19. The minimum absolute atomic E-state index is 0.0267. The average molecular weight is 514 g/mol. The molecule has 37 heavy (non-hydrogen) atoms. The summed E-state index contributed by atoms with van der Waals surface area (Å²) in [7, 11) is 2.64. The lowest BCUT2D eigenvalue weighted by molar-refractivity contribution is -0.327. The Hall–Kier alpha value is -3.94. The van der Waals surface area contributed by atoms with E-state index in [0.717, 1.165) is 0 Å². The zero-order valence-electron chi connectivity index (χ0n) is 19.5. The Kier molecular flexibility index (Phi) is 6.58. The minimum atomic E-state index is -1.61. The van der Waals surface area contributed by atoms with Gasteiger partial charge in [0.15, 0.2) is 17.8 Å². The maximum atomic E-state index is 12.6. The van der Waals surface area contributed by atoms with E-state index in [9.17, 15) is 24.9 Å². The second kappa shape index (κ2) is 9.84. The molecule has 5 atom stereocenters. The van der Waals surface area contributed by atoms with Crippen molar-refractivity contribution in [3.63, 3.8) is 0 Å². The standard InChI is InChI=1S/C25H22O12/c1-31-16-7-12-8-18(33-13-5-3-11-4-6-19(26)34-14(11)9-13)23(30)35-15(12)10-17(16)36-25-22(29)20(27)21(28)24(32-2)37-25/h3-10,20-22,24-25,27-29H,1-2H3/t20-,21-,22+,24-,25+/m0/s1. The van der Waals surface area contributed by atoms with Crippen LogP contribution >= 0.6 is 0 Å². The van der Waals surface area contributed by atoms with Gasteiger partial charge in [0.2, 0.25) is 12.0 Å². The molecule has 194 valence electrons. The van der Waals surface area contributed by atoms with Gasteiger partial charge >= 0.3 is 11.3 Å². The van der Waals surface area contributed by atoms with Crippen LogP contribution in [0.3, 0.4) is 0 Å². The van der Waals surface area contributed by atoms with Crippen molar-refractivity contribution in [2.75, 3.05) is 14.2 Å². The van der Waals surface area contributed by atoms with Crippen LogP contribution in [0.1, 0.15) is 0 Å². The number of rotatable bonds is 6. The van der Waals surface area contributed by atoms with Crippen LogP contribution in [0, 0.1) is 0 Å². The summed E-state index contributed by atoms with van der Waals surface area (Å²) in [5, 5.41) is 31.4. The van der Waals surface area contributed by atoms with E-state index < -0.39 is 42.1 Å². The Balaban J connectivity index is 1.45. The molecule has 1 fully saturated rings. The summed E-state index contributed by atoms with van der Waals surface area (Å²) in [6.07, 6.45) is -7.40. The van der Waals surface area contributed by atoms with Crippen molar-refractivity contribution in [3.05, 3.63) is 69.4 Å². The maximum absolute atomic E-state index is 12.6. The van der Waals surface area contributed by atoms with Crippen LogP contribution in [-0.2, 0) is 9.47 Å². The number of benzene rings is 2. The molecule has 4 aromatic rings. The third-order valence-corrected chi connectivity index (χ3v) is 5.81. The summed E-state index contributed by atoms with van der Waals surface area (Å²) in [6, 6.07) is 12.0. The lowest BCUT2D eigenvalue weighted by atomic mass is 10.0. The molecule has 0 radical (unpaired) electrons. The number of hydrogen-bond acceptors (Lipinski definition) is 12. The first-order valence-corrected chi connectivity index (χ1v) is 11.0. The van der Waals surface area contributed by atoms with Gasteiger partial charge in [0, 0.05) is 36.1 Å². The highest BCUT2D eigenvalue weighted by Crippen LogP contribution is 2.36. The third-order valence-electron chi connectivity index (χ3n) is 5.81. The van der Waals surface area contributed by atoms with Gasteiger partial charge in [-0.15, -0.1) is 0 Å². The largest absolute Gasteiger partial charge is 0.493 e. The van der Waals surface area contributed by atoms with E-state index in [0.29, 0.717) is 16.4 Å². The van der Waals surface area contributed by atoms with E-state index in [1.807, 2.05) is 0 Å². The van der Waals surface area contributed by atoms with E-state index >= 15 is 0 Å². The summed E-state index contributed by atoms with van der Waals surface area (Å²) >= 11 is 0. The molecular formula is C25H22O12. The van der Waals surface area contributed by atoms with Crippen LogP contribution in [0.15, 0.2) is 67.0 Å². The van der Waals surface area contributed by atoms with E-state index in [4.69, 9.17) is 32.5 Å². The van der Waals surface area contributed by atoms with Gasteiger partial charge in [-0.1, -0.05) is 0 Å². The van der Waals surface area contributed by atoms with Crippen LogP contribution in [0.25, 0.3) is 21.9 Å². The fraction of sp³-hybridized carbons (Fsp3) is 0.280.